The molecule has 0 saturated carbocycles. The Morgan fingerprint density at radius 2 is 1.70 bits per heavy atom. The van der Waals surface area contributed by atoms with Crippen molar-refractivity contribution in [1.29, 1.82) is 0 Å². The summed E-state index contributed by atoms with van der Waals surface area (Å²) in [5.41, 5.74) is 3.33. The quantitative estimate of drug-likeness (QED) is 0.586. The number of fused-ring (bicyclic) bond motifs is 1. The number of rotatable bonds is 4. The second-order valence-electron chi connectivity index (χ2n) is 4.69. The molecule has 2 aromatic carbocycles. The van der Waals surface area contributed by atoms with Gasteiger partial charge in [-0.3, -0.25) is 0 Å². The molecule has 3 aromatic rings. The molecule has 0 aliphatic rings. The van der Waals surface area contributed by atoms with E-state index in [9.17, 15) is 0 Å². The SMILES string of the molecule is C=C/C=C\c1c(Cc2ccccc2)oc2ccccc12. The fourth-order valence-corrected chi connectivity index (χ4v) is 2.38. The van der Waals surface area contributed by atoms with E-state index in [1.165, 1.54) is 5.56 Å². The molecule has 0 amide bonds. The lowest BCUT2D eigenvalue weighted by Gasteiger charge is -1.99. The Morgan fingerprint density at radius 1 is 0.950 bits per heavy atom. The van der Waals surface area contributed by atoms with Crippen molar-refractivity contribution < 1.29 is 4.42 Å². The Hall–Kier alpha value is -2.54. The molecule has 0 radical (unpaired) electrons. The molecule has 0 saturated heterocycles. The van der Waals surface area contributed by atoms with E-state index < -0.39 is 0 Å². The van der Waals surface area contributed by atoms with E-state index in [1.807, 2.05) is 30.3 Å². The van der Waals surface area contributed by atoms with Crippen LogP contribution in [0.1, 0.15) is 16.9 Å². The van der Waals surface area contributed by atoms with E-state index in [0.717, 1.165) is 28.7 Å². The van der Waals surface area contributed by atoms with Crippen LogP contribution in [0.2, 0.25) is 0 Å². The van der Waals surface area contributed by atoms with Gasteiger partial charge in [-0.2, -0.15) is 0 Å². The molecule has 0 spiro atoms. The van der Waals surface area contributed by atoms with E-state index in [4.69, 9.17) is 4.42 Å². The second kappa shape index (κ2) is 5.62. The van der Waals surface area contributed by atoms with Gasteiger partial charge in [0.25, 0.3) is 0 Å². The van der Waals surface area contributed by atoms with Crippen LogP contribution in [-0.4, -0.2) is 0 Å². The average Bonchev–Trinajstić information content (AvgIpc) is 2.83. The number of allylic oxidation sites excluding steroid dienone is 2. The number of hydrogen-bond donors (Lipinski definition) is 0. The summed E-state index contributed by atoms with van der Waals surface area (Å²) in [5, 5.41) is 1.15. The first kappa shape index (κ1) is 12.5. The van der Waals surface area contributed by atoms with Crippen LogP contribution in [0.4, 0.5) is 0 Å². The zero-order valence-electron chi connectivity index (χ0n) is 11.3. The van der Waals surface area contributed by atoms with E-state index in [1.54, 1.807) is 6.08 Å². The highest BCUT2D eigenvalue weighted by atomic mass is 16.3. The molecule has 98 valence electrons. The summed E-state index contributed by atoms with van der Waals surface area (Å²) < 4.78 is 6.01. The van der Waals surface area contributed by atoms with Crippen molar-refractivity contribution in [2.45, 2.75) is 6.42 Å². The molecule has 1 heteroatoms. The van der Waals surface area contributed by atoms with Gasteiger partial charge >= 0.3 is 0 Å². The van der Waals surface area contributed by atoms with E-state index in [0.29, 0.717) is 0 Å². The third-order valence-corrected chi connectivity index (χ3v) is 3.32. The molecule has 0 bridgehead atoms. The second-order valence-corrected chi connectivity index (χ2v) is 4.69. The van der Waals surface area contributed by atoms with E-state index >= 15 is 0 Å². The third kappa shape index (κ3) is 2.43. The maximum Gasteiger partial charge on any atom is 0.134 e. The highest BCUT2D eigenvalue weighted by molar-refractivity contribution is 5.88. The van der Waals surface area contributed by atoms with Gasteiger partial charge in [0.2, 0.25) is 0 Å². The Bertz CT molecular complexity index is 748. The van der Waals surface area contributed by atoms with Gasteiger partial charge in [0.15, 0.2) is 0 Å². The molecular weight excluding hydrogens is 244 g/mol. The molecule has 3 rings (SSSR count). The van der Waals surface area contributed by atoms with Crippen LogP contribution in [0, 0.1) is 0 Å². The maximum absolute atomic E-state index is 6.01. The van der Waals surface area contributed by atoms with Gasteiger partial charge in [0.1, 0.15) is 11.3 Å². The van der Waals surface area contributed by atoms with Crippen molar-refractivity contribution in [3.05, 3.63) is 90.2 Å². The molecule has 20 heavy (non-hydrogen) atoms. The van der Waals surface area contributed by atoms with Crippen molar-refractivity contribution in [2.24, 2.45) is 0 Å². The number of furan rings is 1. The summed E-state index contributed by atoms with van der Waals surface area (Å²) >= 11 is 0. The van der Waals surface area contributed by atoms with Gasteiger partial charge < -0.3 is 4.42 Å². The number of para-hydroxylation sites is 1. The topological polar surface area (TPSA) is 13.1 Å². The van der Waals surface area contributed by atoms with Crippen molar-refractivity contribution in [3.63, 3.8) is 0 Å². The van der Waals surface area contributed by atoms with Crippen LogP contribution in [0.25, 0.3) is 17.0 Å². The fraction of sp³-hybridized carbons (Fsp3) is 0.0526. The molecule has 0 N–H and O–H groups in total. The summed E-state index contributed by atoms with van der Waals surface area (Å²) in [6.07, 6.45) is 6.60. The van der Waals surface area contributed by atoms with Crippen LogP contribution in [-0.2, 0) is 6.42 Å². The standard InChI is InChI=1S/C19H16O/c1-2-3-11-17-16-12-7-8-13-18(16)20-19(17)14-15-9-5-4-6-10-15/h2-13H,1,14H2/b11-3-. The lowest BCUT2D eigenvalue weighted by molar-refractivity contribution is 0.561. The highest BCUT2D eigenvalue weighted by Gasteiger charge is 2.11. The normalized spacial score (nSPS) is 11.2. The third-order valence-electron chi connectivity index (χ3n) is 3.32. The Balaban J connectivity index is 2.09. The minimum absolute atomic E-state index is 0.798. The summed E-state index contributed by atoms with van der Waals surface area (Å²) in [4.78, 5) is 0. The summed E-state index contributed by atoms with van der Waals surface area (Å²) in [6, 6.07) is 18.5. The van der Waals surface area contributed by atoms with Crippen molar-refractivity contribution >= 4 is 17.0 Å². The maximum atomic E-state index is 6.01. The first-order chi connectivity index (χ1) is 9.88. The first-order valence-electron chi connectivity index (χ1n) is 6.72. The minimum Gasteiger partial charge on any atom is -0.460 e. The van der Waals surface area contributed by atoms with Crippen LogP contribution in [0.3, 0.4) is 0 Å². The van der Waals surface area contributed by atoms with Crippen LogP contribution in [0.5, 0.6) is 0 Å². The fourth-order valence-electron chi connectivity index (χ4n) is 2.38. The van der Waals surface area contributed by atoms with Gasteiger partial charge in [-0.05, 0) is 11.6 Å². The molecule has 1 heterocycles. The molecule has 0 atom stereocenters. The van der Waals surface area contributed by atoms with Gasteiger partial charge in [0.05, 0.1) is 0 Å². The minimum atomic E-state index is 0.798. The van der Waals surface area contributed by atoms with E-state index in [2.05, 4.69) is 43.0 Å². The molecule has 1 aromatic heterocycles. The van der Waals surface area contributed by atoms with Gasteiger partial charge in [-0.15, -0.1) is 0 Å². The van der Waals surface area contributed by atoms with Crippen molar-refractivity contribution in [1.82, 2.24) is 0 Å². The first-order valence-corrected chi connectivity index (χ1v) is 6.72. The predicted molar refractivity (Wildman–Crippen MR) is 84.7 cm³/mol. The lowest BCUT2D eigenvalue weighted by Crippen LogP contribution is -1.87. The molecule has 0 aliphatic heterocycles. The average molecular weight is 260 g/mol. The van der Waals surface area contributed by atoms with Gasteiger partial charge in [-0.25, -0.2) is 0 Å². The Kier molecular flexibility index (Phi) is 3.51. The molecule has 0 aliphatic carbocycles. The highest BCUT2D eigenvalue weighted by Crippen LogP contribution is 2.28. The summed E-state index contributed by atoms with van der Waals surface area (Å²) in [5.74, 6) is 0.996. The zero-order chi connectivity index (χ0) is 13.8. The molecule has 1 nitrogen and oxygen atoms in total. The van der Waals surface area contributed by atoms with Crippen LogP contribution >= 0.6 is 0 Å². The summed E-state index contributed by atoms with van der Waals surface area (Å²) in [6.45, 7) is 3.74. The smallest absolute Gasteiger partial charge is 0.134 e. The van der Waals surface area contributed by atoms with Crippen molar-refractivity contribution in [3.8, 4) is 0 Å². The number of benzene rings is 2. The lowest BCUT2D eigenvalue weighted by atomic mass is 10.0. The summed E-state index contributed by atoms with van der Waals surface area (Å²) in [7, 11) is 0. The predicted octanol–water partition coefficient (Wildman–Crippen LogP) is 5.22. The monoisotopic (exact) mass is 260 g/mol. The molecular formula is C19H16O. The van der Waals surface area contributed by atoms with Gasteiger partial charge in [0, 0.05) is 17.4 Å². The Labute approximate surface area is 118 Å². The number of hydrogen-bond acceptors (Lipinski definition) is 1. The van der Waals surface area contributed by atoms with Crippen LogP contribution < -0.4 is 0 Å². The molecule has 0 fully saturated rings. The largest absolute Gasteiger partial charge is 0.460 e. The zero-order valence-corrected chi connectivity index (χ0v) is 11.3. The van der Waals surface area contributed by atoms with Gasteiger partial charge in [-0.1, -0.05) is 73.3 Å². The molecule has 0 unspecified atom stereocenters. The van der Waals surface area contributed by atoms with Crippen molar-refractivity contribution in [2.75, 3.05) is 0 Å². The van der Waals surface area contributed by atoms with E-state index in [-0.39, 0.29) is 0 Å². The van der Waals surface area contributed by atoms with Crippen LogP contribution in [0.15, 0.2) is 77.7 Å². The Morgan fingerprint density at radius 3 is 2.50 bits per heavy atom.